The molecule has 2 aromatic heterocycles. The van der Waals surface area contributed by atoms with Crippen LogP contribution in [0.25, 0.3) is 0 Å². The van der Waals surface area contributed by atoms with Crippen LogP contribution in [0.4, 0.5) is 5.95 Å². The second kappa shape index (κ2) is 5.99. The van der Waals surface area contributed by atoms with Crippen molar-refractivity contribution in [3.8, 4) is 0 Å². The van der Waals surface area contributed by atoms with Crippen molar-refractivity contribution in [1.82, 2.24) is 19.9 Å². The lowest BCUT2D eigenvalue weighted by atomic mass is 10.4. The summed E-state index contributed by atoms with van der Waals surface area (Å²) >= 11 is 0. The summed E-state index contributed by atoms with van der Waals surface area (Å²) in [6, 6.07) is 0.795. The zero-order valence-electron chi connectivity index (χ0n) is 9.84. The number of aromatic amines is 3. The van der Waals surface area contributed by atoms with Gasteiger partial charge in [-0.3, -0.25) is 14.6 Å². The van der Waals surface area contributed by atoms with E-state index in [4.69, 9.17) is 16.6 Å². The van der Waals surface area contributed by atoms with Gasteiger partial charge in [-0.1, -0.05) is 0 Å². The van der Waals surface area contributed by atoms with Gasteiger partial charge in [-0.2, -0.15) is 0 Å². The number of nitrogens with two attached hydrogens (primary N) is 2. The average molecular weight is 282 g/mol. The number of nitrogen functional groups attached to an aromatic ring is 1. The first-order chi connectivity index (χ1) is 9.29. The number of hydrogen-bond donors (Lipinski definition) is 6. The molecule has 2 heterocycles. The predicted octanol–water partition coefficient (Wildman–Crippen LogP) is -2.15. The lowest BCUT2D eigenvalue weighted by Crippen LogP contribution is -2.24. The normalized spacial score (nSPS) is 9.40. The van der Waals surface area contributed by atoms with Gasteiger partial charge in [-0.05, 0) is 0 Å². The van der Waals surface area contributed by atoms with Crippen LogP contribution in [0.15, 0.2) is 21.9 Å². The summed E-state index contributed by atoms with van der Waals surface area (Å²) in [5.74, 6) is -1.70. The molecular formula is C9H10N6O5. The molecule has 0 unspecified atom stereocenters. The molecule has 0 fully saturated rings. The third kappa shape index (κ3) is 4.14. The van der Waals surface area contributed by atoms with Crippen LogP contribution in [0.5, 0.6) is 0 Å². The number of amides is 1. The second-order valence-corrected chi connectivity index (χ2v) is 3.35. The molecule has 0 saturated heterocycles. The van der Waals surface area contributed by atoms with E-state index in [0.717, 1.165) is 6.07 Å². The number of hydrogen-bond acceptors (Lipinski definition) is 6. The van der Waals surface area contributed by atoms with Crippen LogP contribution in [0.1, 0.15) is 21.0 Å². The number of rotatable bonds is 2. The van der Waals surface area contributed by atoms with E-state index in [0.29, 0.717) is 0 Å². The lowest BCUT2D eigenvalue weighted by molar-refractivity contribution is 0.0689. The van der Waals surface area contributed by atoms with Crippen molar-refractivity contribution < 1.29 is 14.7 Å². The largest absolute Gasteiger partial charge is 0.477 e. The molecule has 2 aromatic rings. The van der Waals surface area contributed by atoms with Gasteiger partial charge >= 0.3 is 11.7 Å². The number of aromatic nitrogens is 4. The fraction of sp³-hybridized carbons (Fsp3) is 0. The minimum atomic E-state index is -1.34. The van der Waals surface area contributed by atoms with E-state index in [1.54, 1.807) is 0 Å². The summed E-state index contributed by atoms with van der Waals surface area (Å²) in [4.78, 5) is 51.2. The first-order valence-electron chi connectivity index (χ1n) is 4.97. The van der Waals surface area contributed by atoms with Crippen LogP contribution in [0, 0.1) is 0 Å². The molecule has 0 aliphatic rings. The number of aromatic carboxylic acids is 1. The Hall–Kier alpha value is -3.37. The molecule has 20 heavy (non-hydrogen) atoms. The lowest BCUT2D eigenvalue weighted by Gasteiger charge is -1.89. The van der Waals surface area contributed by atoms with E-state index in [9.17, 15) is 19.2 Å². The molecule has 1 amide bonds. The molecule has 11 nitrogen and oxygen atoms in total. The molecular weight excluding hydrogens is 272 g/mol. The van der Waals surface area contributed by atoms with Crippen molar-refractivity contribution in [2.75, 3.05) is 5.73 Å². The zero-order chi connectivity index (χ0) is 15.3. The van der Waals surface area contributed by atoms with Crippen LogP contribution in [0.2, 0.25) is 0 Å². The minimum absolute atomic E-state index is 0.198. The number of carboxylic acid groups (broad SMARTS) is 1. The maximum Gasteiger partial charge on any atom is 0.352 e. The Labute approximate surface area is 109 Å². The highest BCUT2D eigenvalue weighted by atomic mass is 16.4. The van der Waals surface area contributed by atoms with Crippen molar-refractivity contribution in [3.63, 3.8) is 0 Å². The minimum Gasteiger partial charge on any atom is -0.477 e. The fourth-order valence-electron chi connectivity index (χ4n) is 1.05. The van der Waals surface area contributed by atoms with Crippen molar-refractivity contribution in [2.45, 2.75) is 0 Å². The van der Waals surface area contributed by atoms with Crippen LogP contribution in [-0.4, -0.2) is 36.9 Å². The van der Waals surface area contributed by atoms with Crippen molar-refractivity contribution in [1.29, 1.82) is 0 Å². The quantitative estimate of drug-likeness (QED) is 0.360. The Morgan fingerprint density at radius 1 is 1.15 bits per heavy atom. The smallest absolute Gasteiger partial charge is 0.352 e. The molecule has 0 saturated carbocycles. The fourth-order valence-corrected chi connectivity index (χ4v) is 1.05. The van der Waals surface area contributed by atoms with Gasteiger partial charge in [0.25, 0.3) is 11.5 Å². The number of carboxylic acids is 1. The standard InChI is InChI=1S/C5H4N2O4.C4H6N4O/c8-3-1-2(4(9)10)6-5(11)7-3;5-3(9)2-1-7-4(6)8-2/h1H,(H,9,10)(H2,6,7,8,11);1H,(H2,5,9)(H3,6,7,8). The number of nitrogens with zero attached hydrogens (tertiary/aromatic N) is 1. The van der Waals surface area contributed by atoms with Gasteiger partial charge in [0.05, 0.1) is 6.20 Å². The molecule has 106 valence electrons. The monoisotopic (exact) mass is 282 g/mol. The first-order valence-corrected chi connectivity index (χ1v) is 4.97. The number of anilines is 1. The van der Waals surface area contributed by atoms with Crippen LogP contribution in [0.3, 0.4) is 0 Å². The van der Waals surface area contributed by atoms with Crippen LogP contribution < -0.4 is 22.7 Å². The van der Waals surface area contributed by atoms with E-state index < -0.39 is 28.8 Å². The second-order valence-electron chi connectivity index (χ2n) is 3.35. The number of carbonyl (C=O) groups is 2. The van der Waals surface area contributed by atoms with E-state index in [1.807, 2.05) is 9.97 Å². The molecule has 0 aromatic carbocycles. The Morgan fingerprint density at radius 2 is 1.80 bits per heavy atom. The first kappa shape index (κ1) is 14.7. The topological polar surface area (TPSA) is 201 Å². The van der Waals surface area contributed by atoms with Crippen molar-refractivity contribution in [2.24, 2.45) is 5.73 Å². The molecule has 2 rings (SSSR count). The van der Waals surface area contributed by atoms with E-state index >= 15 is 0 Å². The van der Waals surface area contributed by atoms with Crippen molar-refractivity contribution in [3.05, 3.63) is 44.5 Å². The van der Waals surface area contributed by atoms with E-state index in [-0.39, 0.29) is 11.6 Å². The molecule has 8 N–H and O–H groups in total. The maximum absolute atomic E-state index is 10.5. The SMILES string of the molecule is NC(=O)c1cnc(N)[nH]1.O=C(O)c1cc(=O)[nH]c(=O)[nH]1. The Balaban J connectivity index is 0.000000204. The van der Waals surface area contributed by atoms with Gasteiger partial charge in [0.15, 0.2) is 5.95 Å². The summed E-state index contributed by atoms with van der Waals surface area (Å²) in [6.07, 6.45) is 1.29. The highest BCUT2D eigenvalue weighted by Gasteiger charge is 2.03. The van der Waals surface area contributed by atoms with E-state index in [2.05, 4.69) is 9.97 Å². The maximum atomic E-state index is 10.5. The average Bonchev–Trinajstić information content (AvgIpc) is 2.75. The van der Waals surface area contributed by atoms with Crippen LogP contribution >= 0.6 is 0 Å². The predicted molar refractivity (Wildman–Crippen MR) is 66.2 cm³/mol. The van der Waals surface area contributed by atoms with Gasteiger partial charge in [-0.15, -0.1) is 0 Å². The summed E-state index contributed by atoms with van der Waals surface area (Å²) in [6.45, 7) is 0. The summed E-state index contributed by atoms with van der Waals surface area (Å²) in [7, 11) is 0. The Morgan fingerprint density at radius 3 is 2.15 bits per heavy atom. The number of H-pyrrole nitrogens is 3. The van der Waals surface area contributed by atoms with Gasteiger partial charge < -0.3 is 26.5 Å². The Bertz CT molecular complexity index is 713. The summed E-state index contributed by atoms with van der Waals surface area (Å²) in [5, 5.41) is 8.31. The summed E-state index contributed by atoms with van der Waals surface area (Å²) in [5.41, 5.74) is 8.26. The third-order valence-electron chi connectivity index (χ3n) is 1.85. The highest BCUT2D eigenvalue weighted by molar-refractivity contribution is 5.90. The Kier molecular flexibility index (Phi) is 4.40. The molecule has 0 spiro atoms. The van der Waals surface area contributed by atoms with E-state index in [1.165, 1.54) is 6.20 Å². The van der Waals surface area contributed by atoms with Gasteiger partial charge in [0, 0.05) is 6.07 Å². The molecule has 0 atom stereocenters. The third-order valence-corrected chi connectivity index (χ3v) is 1.85. The molecule has 0 bridgehead atoms. The van der Waals surface area contributed by atoms with Gasteiger partial charge in [0.1, 0.15) is 11.4 Å². The van der Waals surface area contributed by atoms with Gasteiger partial charge in [-0.25, -0.2) is 14.6 Å². The summed E-state index contributed by atoms with van der Waals surface area (Å²) < 4.78 is 0. The number of primary amides is 1. The van der Waals surface area contributed by atoms with Crippen molar-refractivity contribution >= 4 is 17.8 Å². The molecule has 0 radical (unpaired) electrons. The molecule has 0 aliphatic heterocycles. The van der Waals surface area contributed by atoms with Crippen LogP contribution in [-0.2, 0) is 0 Å². The van der Waals surface area contributed by atoms with Gasteiger partial charge in [0.2, 0.25) is 0 Å². The molecule has 0 aliphatic carbocycles. The zero-order valence-corrected chi connectivity index (χ0v) is 9.84. The molecule has 11 heteroatoms. The number of carbonyl (C=O) groups excluding carboxylic acids is 1. The highest BCUT2D eigenvalue weighted by Crippen LogP contribution is 1.94. The number of imidazole rings is 1. The number of nitrogens with one attached hydrogen (secondary N) is 3.